The lowest BCUT2D eigenvalue weighted by Gasteiger charge is -2.42. The first-order chi connectivity index (χ1) is 14.0. The average Bonchev–Trinajstić information content (AvgIpc) is 2.99. The van der Waals surface area contributed by atoms with E-state index < -0.39 is 18.3 Å². The highest BCUT2D eigenvalue weighted by atomic mass is 16.5. The smallest absolute Gasteiger partial charge is 0.161 e. The maximum absolute atomic E-state index is 11.4. The number of ether oxygens (including phenoxy) is 5. The minimum absolute atomic E-state index is 0.236. The zero-order valence-corrected chi connectivity index (χ0v) is 17.0. The van der Waals surface area contributed by atoms with Crippen molar-refractivity contribution >= 4 is 0 Å². The Hall–Kier alpha value is -2.48. The average molecular weight is 402 g/mol. The molecule has 0 radical (unpaired) electrons. The maximum atomic E-state index is 11.4. The van der Waals surface area contributed by atoms with E-state index in [1.165, 1.54) is 0 Å². The van der Waals surface area contributed by atoms with Gasteiger partial charge in [-0.05, 0) is 41.0 Å². The molecule has 1 aliphatic heterocycles. The molecule has 0 aromatic heterocycles. The van der Waals surface area contributed by atoms with E-state index in [2.05, 4.69) is 0 Å². The molecule has 4 rings (SSSR count). The molecule has 2 aromatic rings. The molecule has 0 saturated carbocycles. The van der Waals surface area contributed by atoms with Gasteiger partial charge in [0.1, 0.15) is 11.7 Å². The highest BCUT2D eigenvalue weighted by molar-refractivity contribution is 5.56. The molecule has 4 atom stereocenters. The lowest BCUT2D eigenvalue weighted by molar-refractivity contribution is -0.0965. The first-order valence-electron chi connectivity index (χ1n) is 9.44. The second-order valence-electron chi connectivity index (χ2n) is 7.40. The topological polar surface area (TPSA) is 86.6 Å². The molecule has 1 aliphatic carbocycles. The minimum atomic E-state index is -1.40. The Labute approximate surface area is 169 Å². The SMILES string of the molecule is COc1ccc([C@@H]2c3cc(OC)c(OC)cc3[C@@H]3OC[C@H]2[C@]3(O)CO)cc1OC. The van der Waals surface area contributed by atoms with Gasteiger partial charge in [0, 0.05) is 11.8 Å². The van der Waals surface area contributed by atoms with E-state index in [4.69, 9.17) is 23.7 Å². The molecule has 2 bridgehead atoms. The molecule has 1 saturated heterocycles. The van der Waals surface area contributed by atoms with E-state index in [0.29, 0.717) is 29.6 Å². The largest absolute Gasteiger partial charge is 0.493 e. The van der Waals surface area contributed by atoms with Crippen LogP contribution in [0, 0.1) is 5.92 Å². The van der Waals surface area contributed by atoms with Crippen molar-refractivity contribution in [3.8, 4) is 23.0 Å². The van der Waals surface area contributed by atoms with Crippen LogP contribution in [-0.2, 0) is 4.74 Å². The lowest BCUT2D eigenvalue weighted by Crippen LogP contribution is -2.48. The number of benzene rings is 2. The molecule has 0 amide bonds. The van der Waals surface area contributed by atoms with Crippen LogP contribution in [0.25, 0.3) is 0 Å². The first-order valence-corrected chi connectivity index (χ1v) is 9.44. The quantitative estimate of drug-likeness (QED) is 0.767. The summed E-state index contributed by atoms with van der Waals surface area (Å²) in [6.07, 6.45) is -0.635. The fourth-order valence-corrected chi connectivity index (χ4v) is 4.71. The van der Waals surface area contributed by atoms with E-state index >= 15 is 0 Å². The number of fused-ring (bicyclic) bond motifs is 4. The molecule has 156 valence electrons. The Balaban J connectivity index is 1.95. The fraction of sp³-hybridized carbons (Fsp3) is 0.455. The molecule has 0 unspecified atom stereocenters. The second-order valence-corrected chi connectivity index (χ2v) is 7.40. The number of methoxy groups -OCH3 is 4. The zero-order chi connectivity index (χ0) is 20.8. The summed E-state index contributed by atoms with van der Waals surface area (Å²) in [5, 5.41) is 21.5. The summed E-state index contributed by atoms with van der Waals surface area (Å²) in [5.41, 5.74) is 1.29. The van der Waals surface area contributed by atoms with E-state index in [0.717, 1.165) is 16.7 Å². The predicted octanol–water partition coefficient (Wildman–Crippen LogP) is 2.28. The van der Waals surface area contributed by atoms with Gasteiger partial charge in [-0.1, -0.05) is 6.07 Å². The summed E-state index contributed by atoms with van der Waals surface area (Å²) in [6.45, 7) is -0.0834. The first kappa shape index (κ1) is 19.8. The zero-order valence-electron chi connectivity index (χ0n) is 17.0. The highest BCUT2D eigenvalue weighted by Crippen LogP contribution is 2.58. The van der Waals surface area contributed by atoms with Crippen molar-refractivity contribution in [1.82, 2.24) is 0 Å². The van der Waals surface area contributed by atoms with E-state index in [1.54, 1.807) is 28.4 Å². The third-order valence-electron chi connectivity index (χ3n) is 6.17. The number of hydrogen-bond acceptors (Lipinski definition) is 7. The number of aliphatic hydroxyl groups is 2. The van der Waals surface area contributed by atoms with Crippen LogP contribution in [0.4, 0.5) is 0 Å². The maximum Gasteiger partial charge on any atom is 0.161 e. The van der Waals surface area contributed by atoms with Crippen LogP contribution in [0.1, 0.15) is 28.7 Å². The molecule has 7 heteroatoms. The Morgan fingerprint density at radius 3 is 2.07 bits per heavy atom. The Kier molecular flexibility index (Phi) is 5.06. The second kappa shape index (κ2) is 7.40. The molecule has 7 nitrogen and oxygen atoms in total. The van der Waals surface area contributed by atoms with Gasteiger partial charge in [-0.3, -0.25) is 0 Å². The third-order valence-corrected chi connectivity index (χ3v) is 6.17. The highest BCUT2D eigenvalue weighted by Gasteiger charge is 2.58. The molecular weight excluding hydrogens is 376 g/mol. The van der Waals surface area contributed by atoms with E-state index in [1.807, 2.05) is 30.3 Å². The molecular formula is C22H26O7. The van der Waals surface area contributed by atoms with Crippen LogP contribution in [0.2, 0.25) is 0 Å². The van der Waals surface area contributed by atoms with Crippen LogP contribution >= 0.6 is 0 Å². The van der Waals surface area contributed by atoms with Gasteiger partial charge in [-0.15, -0.1) is 0 Å². The lowest BCUT2D eigenvalue weighted by atomic mass is 9.65. The van der Waals surface area contributed by atoms with Crippen molar-refractivity contribution in [2.45, 2.75) is 17.6 Å². The van der Waals surface area contributed by atoms with Crippen LogP contribution in [0.15, 0.2) is 30.3 Å². The standard InChI is InChI=1S/C22H26O7/c1-25-16-6-5-12(7-17(16)26-2)20-13-8-18(27-3)19(28-4)9-14(13)21-22(24,11-23)15(20)10-29-21/h5-9,15,20-21,23-24H,10-11H2,1-4H3/t15-,20-,21+,22-/m1/s1. The Morgan fingerprint density at radius 2 is 1.48 bits per heavy atom. The van der Waals surface area contributed by atoms with E-state index in [9.17, 15) is 10.2 Å². The summed E-state index contributed by atoms with van der Waals surface area (Å²) >= 11 is 0. The Morgan fingerprint density at radius 1 is 0.897 bits per heavy atom. The van der Waals surface area contributed by atoms with Crippen LogP contribution < -0.4 is 18.9 Å². The van der Waals surface area contributed by atoms with Gasteiger partial charge in [0.25, 0.3) is 0 Å². The van der Waals surface area contributed by atoms with Crippen molar-refractivity contribution in [1.29, 1.82) is 0 Å². The third kappa shape index (κ3) is 2.84. The molecule has 2 aliphatic rings. The summed E-state index contributed by atoms with van der Waals surface area (Å²) < 4.78 is 27.8. The number of aliphatic hydroxyl groups excluding tert-OH is 1. The van der Waals surface area contributed by atoms with Gasteiger partial charge in [-0.2, -0.15) is 0 Å². The molecule has 2 N–H and O–H groups in total. The van der Waals surface area contributed by atoms with Crippen LogP contribution in [-0.4, -0.2) is 57.5 Å². The molecule has 1 heterocycles. The predicted molar refractivity (Wildman–Crippen MR) is 105 cm³/mol. The normalized spacial score (nSPS) is 27.3. The van der Waals surface area contributed by atoms with Crippen molar-refractivity contribution in [3.05, 3.63) is 47.0 Å². The van der Waals surface area contributed by atoms with Gasteiger partial charge in [0.15, 0.2) is 23.0 Å². The summed E-state index contributed by atoms with van der Waals surface area (Å²) in [5.74, 6) is 1.80. The molecule has 1 fully saturated rings. The van der Waals surface area contributed by atoms with Gasteiger partial charge in [0.05, 0.1) is 41.7 Å². The van der Waals surface area contributed by atoms with Gasteiger partial charge >= 0.3 is 0 Å². The molecule has 0 spiro atoms. The van der Waals surface area contributed by atoms with Crippen molar-refractivity contribution < 1.29 is 33.9 Å². The van der Waals surface area contributed by atoms with Crippen molar-refractivity contribution in [3.63, 3.8) is 0 Å². The number of hydrogen-bond donors (Lipinski definition) is 2. The molecule has 2 aromatic carbocycles. The van der Waals surface area contributed by atoms with Crippen LogP contribution in [0.5, 0.6) is 23.0 Å². The van der Waals surface area contributed by atoms with Gasteiger partial charge in [0.2, 0.25) is 0 Å². The number of rotatable bonds is 6. The monoisotopic (exact) mass is 402 g/mol. The summed E-state index contributed by atoms with van der Waals surface area (Å²) in [6, 6.07) is 9.45. The van der Waals surface area contributed by atoms with Gasteiger partial charge in [-0.25, -0.2) is 0 Å². The minimum Gasteiger partial charge on any atom is -0.493 e. The Bertz CT molecular complexity index is 912. The van der Waals surface area contributed by atoms with E-state index in [-0.39, 0.29) is 11.8 Å². The van der Waals surface area contributed by atoms with Crippen molar-refractivity contribution in [2.75, 3.05) is 41.7 Å². The van der Waals surface area contributed by atoms with Crippen molar-refractivity contribution in [2.24, 2.45) is 5.92 Å². The van der Waals surface area contributed by atoms with Gasteiger partial charge < -0.3 is 33.9 Å². The summed E-state index contributed by atoms with van der Waals surface area (Å²) in [7, 11) is 6.33. The summed E-state index contributed by atoms with van der Waals surface area (Å²) in [4.78, 5) is 0. The van der Waals surface area contributed by atoms with Crippen LogP contribution in [0.3, 0.4) is 0 Å². The molecule has 29 heavy (non-hydrogen) atoms. The fourth-order valence-electron chi connectivity index (χ4n) is 4.71.